The standard InChI is InChI=1S/C19H18N4OS/c1-11-3-8-15-14(9-11)16-18-22-21-17(23(18)10-20-19(16)25-15)12-4-6-13(24-2)7-5-12/h4-7,10-11H,3,8-9H2,1-2H3. The minimum absolute atomic E-state index is 0.717. The molecule has 0 radical (unpaired) electrons. The molecule has 0 bridgehead atoms. The van der Waals surface area contributed by atoms with E-state index < -0.39 is 0 Å². The number of fused-ring (bicyclic) bond motifs is 5. The third-order valence-corrected chi connectivity index (χ3v) is 6.25. The molecule has 25 heavy (non-hydrogen) atoms. The SMILES string of the molecule is COc1ccc(-c2nnc3c4c5c(sc4ncn23)CCC(C)C5)cc1. The summed E-state index contributed by atoms with van der Waals surface area (Å²) in [5.74, 6) is 2.37. The first-order valence-electron chi connectivity index (χ1n) is 8.53. The molecule has 1 atom stereocenters. The first-order valence-corrected chi connectivity index (χ1v) is 9.34. The zero-order chi connectivity index (χ0) is 17.0. The highest BCUT2D eigenvalue weighted by molar-refractivity contribution is 7.19. The molecule has 1 aliphatic carbocycles. The number of thiophene rings is 1. The van der Waals surface area contributed by atoms with Crippen molar-refractivity contribution >= 4 is 27.2 Å². The van der Waals surface area contributed by atoms with Crippen molar-refractivity contribution in [3.63, 3.8) is 0 Å². The molecule has 6 heteroatoms. The van der Waals surface area contributed by atoms with E-state index in [1.165, 1.54) is 22.2 Å². The third-order valence-electron chi connectivity index (χ3n) is 5.05. The number of aromatic nitrogens is 4. The van der Waals surface area contributed by atoms with Crippen LogP contribution in [0.25, 0.3) is 27.3 Å². The molecule has 0 amide bonds. The average Bonchev–Trinajstić information content (AvgIpc) is 3.22. The molecule has 1 aliphatic rings. The Morgan fingerprint density at radius 3 is 2.84 bits per heavy atom. The quantitative estimate of drug-likeness (QED) is 0.545. The van der Waals surface area contributed by atoms with Gasteiger partial charge in [0.15, 0.2) is 11.5 Å². The lowest BCUT2D eigenvalue weighted by Crippen LogP contribution is -2.09. The minimum atomic E-state index is 0.717. The summed E-state index contributed by atoms with van der Waals surface area (Å²) in [6.07, 6.45) is 5.38. The lowest BCUT2D eigenvalue weighted by molar-refractivity contribution is 0.415. The van der Waals surface area contributed by atoms with Crippen LogP contribution in [0.1, 0.15) is 23.8 Å². The Bertz CT molecular complexity index is 1080. The molecule has 3 heterocycles. The van der Waals surface area contributed by atoms with Crippen LogP contribution in [-0.2, 0) is 12.8 Å². The predicted molar refractivity (Wildman–Crippen MR) is 99.3 cm³/mol. The molecule has 4 aromatic rings. The van der Waals surface area contributed by atoms with E-state index in [9.17, 15) is 0 Å². The van der Waals surface area contributed by atoms with Gasteiger partial charge in [-0.3, -0.25) is 4.40 Å². The van der Waals surface area contributed by atoms with Crippen molar-refractivity contribution in [1.82, 2.24) is 19.6 Å². The van der Waals surface area contributed by atoms with Crippen molar-refractivity contribution in [2.45, 2.75) is 26.2 Å². The van der Waals surface area contributed by atoms with Crippen LogP contribution in [0.5, 0.6) is 5.75 Å². The number of ether oxygens (including phenoxy) is 1. The molecule has 5 nitrogen and oxygen atoms in total. The van der Waals surface area contributed by atoms with E-state index in [0.29, 0.717) is 0 Å². The fraction of sp³-hybridized carbons (Fsp3) is 0.316. The maximum absolute atomic E-state index is 5.24. The second-order valence-electron chi connectivity index (χ2n) is 6.72. The summed E-state index contributed by atoms with van der Waals surface area (Å²) in [7, 11) is 1.67. The number of benzene rings is 1. The number of hydrogen-bond donors (Lipinski definition) is 0. The van der Waals surface area contributed by atoms with Gasteiger partial charge in [-0.05, 0) is 55.0 Å². The van der Waals surface area contributed by atoms with E-state index in [-0.39, 0.29) is 0 Å². The maximum Gasteiger partial charge on any atom is 0.172 e. The van der Waals surface area contributed by atoms with Gasteiger partial charge in [0.25, 0.3) is 0 Å². The molecule has 3 aromatic heterocycles. The molecular formula is C19H18N4OS. The Morgan fingerprint density at radius 1 is 1.20 bits per heavy atom. The van der Waals surface area contributed by atoms with Crippen LogP contribution in [0.4, 0.5) is 0 Å². The smallest absolute Gasteiger partial charge is 0.172 e. The average molecular weight is 350 g/mol. The molecule has 0 saturated heterocycles. The van der Waals surface area contributed by atoms with E-state index in [1.54, 1.807) is 7.11 Å². The van der Waals surface area contributed by atoms with Crippen molar-refractivity contribution in [2.75, 3.05) is 7.11 Å². The van der Waals surface area contributed by atoms with Crippen LogP contribution in [-0.4, -0.2) is 26.7 Å². The Morgan fingerprint density at radius 2 is 2.04 bits per heavy atom. The molecule has 0 fully saturated rings. The van der Waals surface area contributed by atoms with Gasteiger partial charge in [-0.2, -0.15) is 0 Å². The van der Waals surface area contributed by atoms with Gasteiger partial charge >= 0.3 is 0 Å². The molecule has 0 aliphatic heterocycles. The molecular weight excluding hydrogens is 332 g/mol. The third kappa shape index (κ3) is 2.24. The summed E-state index contributed by atoms with van der Waals surface area (Å²) in [5.41, 5.74) is 3.36. The van der Waals surface area contributed by atoms with Gasteiger partial charge in [0.2, 0.25) is 0 Å². The molecule has 5 rings (SSSR count). The van der Waals surface area contributed by atoms with Gasteiger partial charge in [0.1, 0.15) is 16.9 Å². The zero-order valence-corrected chi connectivity index (χ0v) is 15.0. The molecule has 0 N–H and O–H groups in total. The number of methoxy groups -OCH3 is 1. The molecule has 0 saturated carbocycles. The van der Waals surface area contributed by atoms with Gasteiger partial charge in [-0.1, -0.05) is 6.92 Å². The fourth-order valence-corrected chi connectivity index (χ4v) is 4.86. The fourth-order valence-electron chi connectivity index (χ4n) is 3.68. The molecule has 1 aromatic carbocycles. The van der Waals surface area contributed by atoms with E-state index in [4.69, 9.17) is 9.72 Å². The van der Waals surface area contributed by atoms with Crippen LogP contribution >= 0.6 is 11.3 Å². The summed E-state index contributed by atoms with van der Waals surface area (Å²) < 4.78 is 7.25. The Labute approximate surface area is 149 Å². The topological polar surface area (TPSA) is 52.3 Å². The Kier molecular flexibility index (Phi) is 3.28. The van der Waals surface area contributed by atoms with E-state index in [0.717, 1.165) is 46.4 Å². The number of nitrogens with zero attached hydrogens (tertiary/aromatic N) is 4. The van der Waals surface area contributed by atoms with Crippen molar-refractivity contribution < 1.29 is 4.74 Å². The van der Waals surface area contributed by atoms with Crippen LogP contribution in [0.15, 0.2) is 30.6 Å². The first-order chi connectivity index (χ1) is 12.2. The summed E-state index contributed by atoms with van der Waals surface area (Å²) in [6.45, 7) is 2.33. The van der Waals surface area contributed by atoms with Crippen LogP contribution < -0.4 is 4.74 Å². The minimum Gasteiger partial charge on any atom is -0.497 e. The highest BCUT2D eigenvalue weighted by atomic mass is 32.1. The molecule has 0 spiro atoms. The highest BCUT2D eigenvalue weighted by Crippen LogP contribution is 2.39. The Balaban J connectivity index is 1.72. The highest BCUT2D eigenvalue weighted by Gasteiger charge is 2.24. The lowest BCUT2D eigenvalue weighted by atomic mass is 9.89. The number of aryl methyl sites for hydroxylation is 1. The summed E-state index contributed by atoms with van der Waals surface area (Å²) in [5, 5.41) is 10.2. The van der Waals surface area contributed by atoms with Gasteiger partial charge in [0, 0.05) is 10.4 Å². The van der Waals surface area contributed by atoms with E-state index in [2.05, 4.69) is 17.1 Å². The second kappa shape index (κ2) is 5.52. The van der Waals surface area contributed by atoms with Crippen molar-refractivity contribution in [2.24, 2.45) is 5.92 Å². The lowest BCUT2D eigenvalue weighted by Gasteiger charge is -2.17. The normalized spacial score (nSPS) is 17.1. The summed E-state index contributed by atoms with van der Waals surface area (Å²) in [4.78, 5) is 7.27. The zero-order valence-electron chi connectivity index (χ0n) is 14.2. The number of rotatable bonds is 2. The summed E-state index contributed by atoms with van der Waals surface area (Å²) in [6, 6.07) is 7.89. The van der Waals surface area contributed by atoms with E-state index >= 15 is 0 Å². The second-order valence-corrected chi connectivity index (χ2v) is 7.81. The van der Waals surface area contributed by atoms with E-state index in [1.807, 2.05) is 46.3 Å². The van der Waals surface area contributed by atoms with Gasteiger partial charge in [-0.25, -0.2) is 4.98 Å². The van der Waals surface area contributed by atoms with Crippen LogP contribution in [0.3, 0.4) is 0 Å². The van der Waals surface area contributed by atoms with Crippen molar-refractivity contribution in [3.05, 3.63) is 41.0 Å². The van der Waals surface area contributed by atoms with Crippen LogP contribution in [0, 0.1) is 5.92 Å². The largest absolute Gasteiger partial charge is 0.497 e. The monoisotopic (exact) mass is 350 g/mol. The number of hydrogen-bond acceptors (Lipinski definition) is 5. The maximum atomic E-state index is 5.24. The van der Waals surface area contributed by atoms with Gasteiger partial charge < -0.3 is 4.74 Å². The van der Waals surface area contributed by atoms with Crippen molar-refractivity contribution in [1.29, 1.82) is 0 Å². The van der Waals surface area contributed by atoms with Gasteiger partial charge in [-0.15, -0.1) is 21.5 Å². The summed E-state index contributed by atoms with van der Waals surface area (Å²) >= 11 is 1.82. The van der Waals surface area contributed by atoms with Crippen molar-refractivity contribution in [3.8, 4) is 17.1 Å². The predicted octanol–water partition coefficient (Wildman–Crippen LogP) is 4.14. The first kappa shape index (κ1) is 14.8. The Hall–Kier alpha value is -2.47. The molecule has 1 unspecified atom stereocenters. The molecule has 126 valence electrons. The van der Waals surface area contributed by atoms with Crippen LogP contribution in [0.2, 0.25) is 0 Å². The van der Waals surface area contributed by atoms with Gasteiger partial charge in [0.05, 0.1) is 12.5 Å².